The Morgan fingerprint density at radius 2 is 1.90 bits per heavy atom. The van der Waals surface area contributed by atoms with E-state index in [-0.39, 0.29) is 17.6 Å². The number of nitrogens with one attached hydrogen (secondary N) is 1. The Labute approximate surface area is 176 Å². The number of pyridine rings is 1. The van der Waals surface area contributed by atoms with Crippen LogP contribution in [0.1, 0.15) is 55.2 Å². The van der Waals surface area contributed by atoms with Crippen molar-refractivity contribution < 1.29 is 0 Å². The molecule has 1 aromatic carbocycles. The van der Waals surface area contributed by atoms with Gasteiger partial charge in [0.25, 0.3) is 5.56 Å². The van der Waals surface area contributed by atoms with Gasteiger partial charge in [-0.05, 0) is 57.0 Å². The van der Waals surface area contributed by atoms with E-state index in [2.05, 4.69) is 30.8 Å². The van der Waals surface area contributed by atoms with E-state index in [0.29, 0.717) is 10.6 Å². The summed E-state index contributed by atoms with van der Waals surface area (Å²) in [7, 11) is 1.76. The van der Waals surface area contributed by atoms with Crippen LogP contribution in [-0.4, -0.2) is 14.3 Å². The first-order valence-corrected chi connectivity index (χ1v) is 9.99. The van der Waals surface area contributed by atoms with Gasteiger partial charge < -0.3 is 9.88 Å². The molecule has 1 N–H and O–H groups in total. The molecule has 1 unspecified atom stereocenters. The first kappa shape index (κ1) is 20.9. The third-order valence-electron chi connectivity index (χ3n) is 4.90. The zero-order valence-corrected chi connectivity index (χ0v) is 18.3. The van der Waals surface area contributed by atoms with Gasteiger partial charge in [-0.15, -0.1) is 0 Å². The maximum Gasteiger partial charge on any atom is 0.253 e. The molecule has 0 amide bonds. The molecule has 0 saturated carbocycles. The minimum absolute atomic E-state index is 0.00570. The van der Waals surface area contributed by atoms with Crippen molar-refractivity contribution in [2.75, 3.05) is 5.32 Å². The Kier molecular flexibility index (Phi) is 5.99. The largest absolute Gasteiger partial charge is 0.373 e. The van der Waals surface area contributed by atoms with E-state index in [4.69, 9.17) is 11.6 Å². The SMILES string of the molecule is C=C(C)c1c(C(Nc2cc(C)c(=O)n(C)c2)c2ccc(Cl)cc2)cnn1C(C)C. The lowest BCUT2D eigenvalue weighted by molar-refractivity contribution is 0.526. The highest BCUT2D eigenvalue weighted by Crippen LogP contribution is 2.33. The normalized spacial score (nSPS) is 12.2. The molecule has 2 aromatic heterocycles. The van der Waals surface area contributed by atoms with Gasteiger partial charge in [-0.1, -0.05) is 30.3 Å². The van der Waals surface area contributed by atoms with Crippen LogP contribution in [0.25, 0.3) is 5.57 Å². The Morgan fingerprint density at radius 1 is 1.24 bits per heavy atom. The van der Waals surface area contributed by atoms with Crippen LogP contribution in [0.2, 0.25) is 5.02 Å². The molecule has 0 spiro atoms. The van der Waals surface area contributed by atoms with Gasteiger partial charge in [-0.3, -0.25) is 9.48 Å². The Morgan fingerprint density at radius 3 is 2.45 bits per heavy atom. The molecular weight excluding hydrogens is 384 g/mol. The van der Waals surface area contributed by atoms with E-state index in [1.165, 1.54) is 0 Å². The second-order valence-electron chi connectivity index (χ2n) is 7.72. The van der Waals surface area contributed by atoms with Crippen LogP contribution in [0, 0.1) is 6.92 Å². The van der Waals surface area contributed by atoms with Crippen molar-refractivity contribution >= 4 is 22.9 Å². The average molecular weight is 411 g/mol. The van der Waals surface area contributed by atoms with E-state index in [0.717, 1.165) is 28.1 Å². The number of hydrogen-bond acceptors (Lipinski definition) is 3. The van der Waals surface area contributed by atoms with Crippen molar-refractivity contribution in [3.05, 3.63) is 87.1 Å². The Balaban J connectivity index is 2.16. The summed E-state index contributed by atoms with van der Waals surface area (Å²) in [6.07, 6.45) is 3.71. The fraction of sp³-hybridized carbons (Fsp3) is 0.304. The monoisotopic (exact) mass is 410 g/mol. The summed E-state index contributed by atoms with van der Waals surface area (Å²) in [4.78, 5) is 12.1. The van der Waals surface area contributed by atoms with Crippen LogP contribution in [-0.2, 0) is 7.05 Å². The molecule has 6 heteroatoms. The van der Waals surface area contributed by atoms with Gasteiger partial charge in [-0.25, -0.2) is 0 Å². The van der Waals surface area contributed by atoms with Crippen molar-refractivity contribution in [1.29, 1.82) is 0 Å². The predicted octanol–water partition coefficient (Wildman–Crippen LogP) is 5.36. The summed E-state index contributed by atoms with van der Waals surface area (Å²) >= 11 is 6.12. The van der Waals surface area contributed by atoms with Crippen molar-refractivity contribution in [2.24, 2.45) is 7.05 Å². The molecule has 0 radical (unpaired) electrons. The van der Waals surface area contributed by atoms with E-state index in [9.17, 15) is 4.79 Å². The zero-order chi connectivity index (χ0) is 21.3. The zero-order valence-electron chi connectivity index (χ0n) is 17.5. The maximum atomic E-state index is 12.1. The molecule has 0 aliphatic heterocycles. The lowest BCUT2D eigenvalue weighted by Gasteiger charge is -2.23. The van der Waals surface area contributed by atoms with Gasteiger partial charge in [0.15, 0.2) is 0 Å². The molecule has 1 atom stereocenters. The third-order valence-corrected chi connectivity index (χ3v) is 5.16. The number of aryl methyl sites for hydroxylation is 2. The first-order chi connectivity index (χ1) is 13.7. The predicted molar refractivity (Wildman–Crippen MR) is 121 cm³/mol. The molecule has 2 heterocycles. The highest BCUT2D eigenvalue weighted by Gasteiger charge is 2.23. The highest BCUT2D eigenvalue weighted by atomic mass is 35.5. The van der Waals surface area contributed by atoms with Gasteiger partial charge in [0.2, 0.25) is 0 Å². The summed E-state index contributed by atoms with van der Waals surface area (Å²) in [6, 6.07) is 9.67. The van der Waals surface area contributed by atoms with Crippen LogP contribution < -0.4 is 10.9 Å². The van der Waals surface area contributed by atoms with Gasteiger partial charge in [0.05, 0.1) is 23.6 Å². The molecule has 3 aromatic rings. The topological polar surface area (TPSA) is 51.9 Å². The van der Waals surface area contributed by atoms with Crippen LogP contribution in [0.5, 0.6) is 0 Å². The van der Waals surface area contributed by atoms with Gasteiger partial charge in [0.1, 0.15) is 0 Å². The van der Waals surface area contributed by atoms with Gasteiger partial charge in [0, 0.05) is 35.4 Å². The molecule has 29 heavy (non-hydrogen) atoms. The molecule has 0 fully saturated rings. The molecule has 5 nitrogen and oxygen atoms in total. The van der Waals surface area contributed by atoms with Crippen LogP contribution in [0.3, 0.4) is 0 Å². The number of rotatable bonds is 6. The number of hydrogen-bond donors (Lipinski definition) is 1. The summed E-state index contributed by atoms with van der Waals surface area (Å²) in [5.41, 5.74) is 5.57. The van der Waals surface area contributed by atoms with E-state index in [1.54, 1.807) is 11.6 Å². The summed E-state index contributed by atoms with van der Waals surface area (Å²) in [5.74, 6) is 0. The fourth-order valence-electron chi connectivity index (χ4n) is 3.54. The number of anilines is 1. The Hall–Kier alpha value is -2.79. The quantitative estimate of drug-likeness (QED) is 0.595. The van der Waals surface area contributed by atoms with Crippen LogP contribution in [0.4, 0.5) is 5.69 Å². The molecule has 0 bridgehead atoms. The smallest absolute Gasteiger partial charge is 0.253 e. The van der Waals surface area contributed by atoms with Crippen molar-refractivity contribution in [3.63, 3.8) is 0 Å². The minimum Gasteiger partial charge on any atom is -0.373 e. The minimum atomic E-state index is -0.177. The molecule has 3 rings (SSSR count). The highest BCUT2D eigenvalue weighted by molar-refractivity contribution is 6.30. The lowest BCUT2D eigenvalue weighted by Crippen LogP contribution is -2.21. The fourth-order valence-corrected chi connectivity index (χ4v) is 3.67. The van der Waals surface area contributed by atoms with Gasteiger partial charge >= 0.3 is 0 Å². The maximum absolute atomic E-state index is 12.1. The van der Waals surface area contributed by atoms with E-state index in [1.807, 2.05) is 61.3 Å². The van der Waals surface area contributed by atoms with Crippen molar-refractivity contribution in [1.82, 2.24) is 14.3 Å². The second-order valence-corrected chi connectivity index (χ2v) is 8.16. The summed E-state index contributed by atoms with van der Waals surface area (Å²) in [6.45, 7) is 12.2. The number of halogens is 1. The average Bonchev–Trinajstić information content (AvgIpc) is 3.10. The number of aromatic nitrogens is 3. The number of allylic oxidation sites excluding steroid dienone is 1. The van der Waals surface area contributed by atoms with E-state index >= 15 is 0 Å². The molecule has 0 aliphatic rings. The second kappa shape index (κ2) is 8.29. The summed E-state index contributed by atoms with van der Waals surface area (Å²) < 4.78 is 3.59. The lowest BCUT2D eigenvalue weighted by atomic mass is 9.96. The number of benzene rings is 1. The van der Waals surface area contributed by atoms with Crippen LogP contribution in [0.15, 0.2) is 54.1 Å². The molecule has 0 saturated heterocycles. The Bertz CT molecular complexity index is 1070. The van der Waals surface area contributed by atoms with Crippen LogP contribution >= 0.6 is 11.6 Å². The standard InChI is InChI=1S/C23H27ClN4O/c1-14(2)22-20(12-25-28(22)15(3)4)21(17-7-9-18(24)10-8-17)26-19-11-16(5)23(29)27(6)13-19/h7-13,15,21,26H,1H2,2-6H3. The van der Waals surface area contributed by atoms with Gasteiger partial charge in [-0.2, -0.15) is 5.10 Å². The molecule has 152 valence electrons. The molecular formula is C23H27ClN4O. The molecule has 0 aliphatic carbocycles. The summed E-state index contributed by atoms with van der Waals surface area (Å²) in [5, 5.41) is 8.90. The number of nitrogens with zero attached hydrogens (tertiary/aromatic N) is 3. The first-order valence-electron chi connectivity index (χ1n) is 9.61. The van der Waals surface area contributed by atoms with Crippen molar-refractivity contribution in [3.8, 4) is 0 Å². The third kappa shape index (κ3) is 4.30. The van der Waals surface area contributed by atoms with Crippen molar-refractivity contribution in [2.45, 2.75) is 39.8 Å². The van der Waals surface area contributed by atoms with E-state index < -0.39 is 0 Å².